The van der Waals surface area contributed by atoms with Crippen molar-refractivity contribution < 1.29 is 9.53 Å². The van der Waals surface area contributed by atoms with E-state index in [-0.39, 0.29) is 12.0 Å². The minimum atomic E-state index is -0.838. The molecular formula is C19H29N3O2. The van der Waals surface area contributed by atoms with Crippen molar-refractivity contribution in [2.24, 2.45) is 22.6 Å². The van der Waals surface area contributed by atoms with E-state index in [4.69, 9.17) is 10.5 Å². The molecule has 0 aromatic heterocycles. The van der Waals surface area contributed by atoms with E-state index in [2.05, 4.69) is 24.1 Å². The van der Waals surface area contributed by atoms with Crippen molar-refractivity contribution in [2.75, 3.05) is 13.7 Å². The molecule has 5 heteroatoms. The van der Waals surface area contributed by atoms with Crippen LogP contribution >= 0.6 is 0 Å². The van der Waals surface area contributed by atoms with Crippen molar-refractivity contribution in [1.29, 1.82) is 0 Å². The summed E-state index contributed by atoms with van der Waals surface area (Å²) in [5.41, 5.74) is 5.12. The first-order chi connectivity index (χ1) is 11.5. The second-order valence-electron chi connectivity index (χ2n) is 7.48. The molecule has 3 rings (SSSR count). The van der Waals surface area contributed by atoms with Crippen molar-refractivity contribution in [3.8, 4) is 0 Å². The number of allylic oxidation sites excluding steroid dienone is 2. The largest absolute Gasteiger partial charge is 0.370 e. The molecule has 0 radical (unpaired) electrons. The summed E-state index contributed by atoms with van der Waals surface area (Å²) in [6.45, 7) is 2.43. The summed E-state index contributed by atoms with van der Waals surface area (Å²) in [4.78, 5) is 19.0. The molecule has 1 fully saturated rings. The first kappa shape index (κ1) is 17.2. The fourth-order valence-corrected chi connectivity index (χ4v) is 4.05. The molecule has 1 heterocycles. The highest BCUT2D eigenvalue weighted by molar-refractivity contribution is 6.06. The lowest BCUT2D eigenvalue weighted by Crippen LogP contribution is -2.47. The number of carbonyl (C=O) groups is 1. The molecule has 0 aromatic rings. The van der Waals surface area contributed by atoms with Crippen LogP contribution in [0.25, 0.3) is 0 Å². The van der Waals surface area contributed by atoms with Gasteiger partial charge in [0.2, 0.25) is 0 Å². The molecule has 1 saturated carbocycles. The van der Waals surface area contributed by atoms with Gasteiger partial charge in [0.05, 0.1) is 12.7 Å². The van der Waals surface area contributed by atoms with Gasteiger partial charge < -0.3 is 10.5 Å². The average molecular weight is 331 g/mol. The van der Waals surface area contributed by atoms with E-state index in [0.29, 0.717) is 24.4 Å². The van der Waals surface area contributed by atoms with E-state index in [0.717, 1.165) is 6.42 Å². The smallest absolute Gasteiger partial charge is 0.259 e. The van der Waals surface area contributed by atoms with Crippen molar-refractivity contribution >= 4 is 11.9 Å². The zero-order valence-electron chi connectivity index (χ0n) is 14.8. The summed E-state index contributed by atoms with van der Waals surface area (Å²) in [5, 5.41) is 0. The van der Waals surface area contributed by atoms with Gasteiger partial charge in [-0.3, -0.25) is 9.69 Å². The molecule has 0 aromatic carbocycles. The highest BCUT2D eigenvalue weighted by Crippen LogP contribution is 2.36. The Morgan fingerprint density at radius 3 is 2.62 bits per heavy atom. The number of aliphatic imine (C=N–C) groups is 1. The zero-order chi connectivity index (χ0) is 17.2. The van der Waals surface area contributed by atoms with E-state index in [1.807, 2.05) is 12.2 Å². The van der Waals surface area contributed by atoms with Gasteiger partial charge >= 0.3 is 0 Å². The number of carbonyl (C=O) groups excluding carboxylic acids is 1. The summed E-state index contributed by atoms with van der Waals surface area (Å²) in [6, 6.07) is 0. The quantitative estimate of drug-likeness (QED) is 0.842. The van der Waals surface area contributed by atoms with E-state index < -0.39 is 5.54 Å². The maximum atomic E-state index is 12.9. The molecule has 3 unspecified atom stereocenters. The van der Waals surface area contributed by atoms with Crippen molar-refractivity contribution in [3.05, 3.63) is 24.3 Å². The first-order valence-corrected chi connectivity index (χ1v) is 9.12. The lowest BCUT2D eigenvalue weighted by atomic mass is 9.79. The SMILES string of the molecule is CC1C=CC=CC1OCC1(CC2CCCCC2)N=C(N)N(C)C1=O. The summed E-state index contributed by atoms with van der Waals surface area (Å²) in [5.74, 6) is 1.13. The molecule has 24 heavy (non-hydrogen) atoms. The molecule has 0 bridgehead atoms. The van der Waals surface area contributed by atoms with Crippen LogP contribution in [-0.2, 0) is 9.53 Å². The number of likely N-dealkylation sites (N-methyl/N-ethyl adjacent to an activating group) is 1. The Hall–Kier alpha value is -1.62. The number of hydrogen-bond acceptors (Lipinski definition) is 4. The second-order valence-corrected chi connectivity index (χ2v) is 7.48. The summed E-state index contributed by atoms with van der Waals surface area (Å²) >= 11 is 0. The summed E-state index contributed by atoms with van der Waals surface area (Å²) in [7, 11) is 1.70. The van der Waals surface area contributed by atoms with Crippen molar-refractivity contribution in [1.82, 2.24) is 4.90 Å². The number of guanidine groups is 1. The van der Waals surface area contributed by atoms with Crippen LogP contribution in [0.3, 0.4) is 0 Å². The Morgan fingerprint density at radius 2 is 2.00 bits per heavy atom. The van der Waals surface area contributed by atoms with Gasteiger partial charge in [-0.2, -0.15) is 0 Å². The van der Waals surface area contributed by atoms with Gasteiger partial charge in [-0.05, 0) is 12.3 Å². The monoisotopic (exact) mass is 331 g/mol. The molecule has 0 saturated heterocycles. The summed E-state index contributed by atoms with van der Waals surface area (Å²) < 4.78 is 6.14. The molecule has 0 spiro atoms. The standard InChI is InChI=1S/C19H29N3O2/c1-14-8-6-7-11-16(14)24-13-19(12-15-9-4-3-5-10-15)17(23)22(2)18(20)21-19/h6-8,11,14-16H,3-5,9-10,12-13H2,1-2H3,(H2,20,21). The minimum absolute atomic E-state index is 0.00615. The zero-order valence-corrected chi connectivity index (χ0v) is 14.8. The van der Waals surface area contributed by atoms with Crippen LogP contribution in [-0.4, -0.2) is 42.1 Å². The van der Waals surface area contributed by atoms with Crippen molar-refractivity contribution in [2.45, 2.75) is 57.1 Å². The molecule has 2 aliphatic carbocycles. The molecule has 1 amide bonds. The number of ether oxygens (including phenoxy) is 1. The molecular weight excluding hydrogens is 302 g/mol. The number of rotatable bonds is 5. The van der Waals surface area contributed by atoms with Gasteiger partial charge in [0, 0.05) is 13.0 Å². The van der Waals surface area contributed by atoms with Gasteiger partial charge in [-0.1, -0.05) is 63.3 Å². The molecule has 5 nitrogen and oxygen atoms in total. The third-order valence-electron chi connectivity index (χ3n) is 5.59. The highest BCUT2D eigenvalue weighted by atomic mass is 16.5. The van der Waals surface area contributed by atoms with E-state index >= 15 is 0 Å². The molecule has 3 atom stereocenters. The van der Waals surface area contributed by atoms with Gasteiger partial charge in [0.15, 0.2) is 11.5 Å². The maximum absolute atomic E-state index is 12.9. The predicted molar refractivity (Wildman–Crippen MR) is 95.5 cm³/mol. The van der Waals surface area contributed by atoms with Gasteiger partial charge in [0.25, 0.3) is 5.91 Å². The first-order valence-electron chi connectivity index (χ1n) is 9.12. The fourth-order valence-electron chi connectivity index (χ4n) is 4.05. The Labute approximate surface area is 144 Å². The second kappa shape index (κ2) is 7.09. The van der Waals surface area contributed by atoms with Crippen LogP contribution in [0, 0.1) is 11.8 Å². The Morgan fingerprint density at radius 1 is 1.29 bits per heavy atom. The van der Waals surface area contributed by atoms with Crippen LogP contribution < -0.4 is 5.73 Å². The molecule has 1 aliphatic heterocycles. The fraction of sp³-hybridized carbons (Fsp3) is 0.684. The predicted octanol–water partition coefficient (Wildman–Crippen LogP) is 2.63. The normalized spacial score (nSPS) is 34.0. The molecule has 132 valence electrons. The number of hydrogen-bond donors (Lipinski definition) is 1. The number of nitrogens with zero attached hydrogens (tertiary/aromatic N) is 2. The van der Waals surface area contributed by atoms with Crippen LogP contribution in [0.15, 0.2) is 29.3 Å². The molecule has 2 N–H and O–H groups in total. The summed E-state index contributed by atoms with van der Waals surface area (Å²) in [6.07, 6.45) is 15.1. The third kappa shape index (κ3) is 3.41. The maximum Gasteiger partial charge on any atom is 0.259 e. The van der Waals surface area contributed by atoms with Crippen LogP contribution in [0.2, 0.25) is 0 Å². The van der Waals surface area contributed by atoms with Crippen LogP contribution in [0.1, 0.15) is 45.4 Å². The third-order valence-corrected chi connectivity index (χ3v) is 5.59. The Bertz CT molecular complexity index is 563. The van der Waals surface area contributed by atoms with Gasteiger partial charge in [0.1, 0.15) is 0 Å². The van der Waals surface area contributed by atoms with Gasteiger partial charge in [-0.25, -0.2) is 4.99 Å². The molecule has 3 aliphatic rings. The van der Waals surface area contributed by atoms with Crippen LogP contribution in [0.4, 0.5) is 0 Å². The van der Waals surface area contributed by atoms with Crippen molar-refractivity contribution in [3.63, 3.8) is 0 Å². The Balaban J connectivity index is 1.74. The lowest BCUT2D eigenvalue weighted by molar-refractivity contribution is -0.134. The van der Waals surface area contributed by atoms with E-state index in [9.17, 15) is 4.79 Å². The highest BCUT2D eigenvalue weighted by Gasteiger charge is 2.48. The number of nitrogens with two attached hydrogens (primary N) is 1. The van der Waals surface area contributed by atoms with E-state index in [1.54, 1.807) is 7.05 Å². The average Bonchev–Trinajstić information content (AvgIpc) is 2.79. The topological polar surface area (TPSA) is 67.9 Å². The van der Waals surface area contributed by atoms with Gasteiger partial charge in [-0.15, -0.1) is 0 Å². The van der Waals surface area contributed by atoms with E-state index in [1.165, 1.54) is 37.0 Å². The van der Waals surface area contributed by atoms with Crippen LogP contribution in [0.5, 0.6) is 0 Å². The lowest BCUT2D eigenvalue weighted by Gasteiger charge is -2.33. The Kier molecular flexibility index (Phi) is 5.09. The number of amides is 1. The minimum Gasteiger partial charge on any atom is -0.370 e.